The fourth-order valence-electron chi connectivity index (χ4n) is 8.26. The topological polar surface area (TPSA) is 78.9 Å². The molecule has 1 unspecified atom stereocenters. The van der Waals surface area contributed by atoms with Crippen molar-refractivity contribution in [1.82, 2.24) is 0 Å². The highest BCUT2D eigenvalue weighted by Gasteiger charge is 2.19. The monoisotopic (exact) mass is 863 g/mol. The zero-order valence-corrected chi connectivity index (χ0v) is 42.0. The van der Waals surface area contributed by atoms with Crippen molar-refractivity contribution < 1.29 is 28.6 Å². The Morgan fingerprint density at radius 3 is 0.852 bits per heavy atom. The summed E-state index contributed by atoms with van der Waals surface area (Å²) in [4.78, 5) is 38.0. The number of unbranched alkanes of at least 4 members (excludes halogenated alkanes) is 30. The standard InChI is InChI=1S/C55H106O6/c1-7-51(6)43-37-31-27-28-34-40-46-55(58)61-52(48-60-54(57)45-39-33-26-22-18-14-13-16-20-24-30-36-42-50(4)5)47-59-53(56)44-38-32-25-21-17-12-10-8-9-11-15-19-23-29-35-41-49(2)3/h49-52H,7-48H2,1-6H3/t51?,52-/m1/s1. The van der Waals surface area contributed by atoms with Gasteiger partial charge in [-0.1, -0.05) is 260 Å². The highest BCUT2D eigenvalue weighted by atomic mass is 16.6. The Balaban J connectivity index is 4.25. The van der Waals surface area contributed by atoms with Crippen LogP contribution in [0.5, 0.6) is 0 Å². The summed E-state index contributed by atoms with van der Waals surface area (Å²) >= 11 is 0. The molecular formula is C55H106O6. The van der Waals surface area contributed by atoms with E-state index in [0.717, 1.165) is 75.5 Å². The minimum Gasteiger partial charge on any atom is -0.462 e. The van der Waals surface area contributed by atoms with E-state index in [-0.39, 0.29) is 31.1 Å². The first-order chi connectivity index (χ1) is 29.6. The van der Waals surface area contributed by atoms with E-state index >= 15 is 0 Å². The number of esters is 3. The lowest BCUT2D eigenvalue weighted by molar-refractivity contribution is -0.167. The molecule has 6 heteroatoms. The van der Waals surface area contributed by atoms with E-state index in [4.69, 9.17) is 14.2 Å². The van der Waals surface area contributed by atoms with E-state index in [1.165, 1.54) is 180 Å². The van der Waals surface area contributed by atoms with Gasteiger partial charge in [-0.3, -0.25) is 14.4 Å². The van der Waals surface area contributed by atoms with Crippen LogP contribution in [-0.4, -0.2) is 37.2 Å². The van der Waals surface area contributed by atoms with Crippen molar-refractivity contribution in [1.29, 1.82) is 0 Å². The van der Waals surface area contributed by atoms with Gasteiger partial charge in [0.15, 0.2) is 6.10 Å². The van der Waals surface area contributed by atoms with Gasteiger partial charge in [0.1, 0.15) is 13.2 Å². The molecule has 0 saturated carbocycles. The average Bonchev–Trinajstić information content (AvgIpc) is 3.23. The zero-order chi connectivity index (χ0) is 44.9. The molecule has 0 N–H and O–H groups in total. The Kier molecular flexibility index (Phi) is 45.2. The summed E-state index contributed by atoms with van der Waals surface area (Å²) in [5.41, 5.74) is 0. The first-order valence-electron chi connectivity index (χ1n) is 27.1. The molecule has 0 saturated heterocycles. The molecule has 0 spiro atoms. The Morgan fingerprint density at radius 2 is 0.574 bits per heavy atom. The van der Waals surface area contributed by atoms with Gasteiger partial charge in [0.05, 0.1) is 0 Å². The Bertz CT molecular complexity index is 947. The summed E-state index contributed by atoms with van der Waals surface area (Å²) in [5, 5.41) is 0. The maximum Gasteiger partial charge on any atom is 0.306 e. The molecule has 6 nitrogen and oxygen atoms in total. The van der Waals surface area contributed by atoms with Gasteiger partial charge in [-0.25, -0.2) is 0 Å². The summed E-state index contributed by atoms with van der Waals surface area (Å²) in [5.74, 6) is 1.64. The van der Waals surface area contributed by atoms with E-state index in [9.17, 15) is 14.4 Å². The molecule has 0 aliphatic heterocycles. The minimum absolute atomic E-state index is 0.0650. The lowest BCUT2D eigenvalue weighted by atomic mass is 10.00. The fraction of sp³-hybridized carbons (Fsp3) is 0.945. The predicted molar refractivity (Wildman–Crippen MR) is 261 cm³/mol. The maximum absolute atomic E-state index is 12.8. The van der Waals surface area contributed by atoms with Crippen LogP contribution in [0.4, 0.5) is 0 Å². The summed E-state index contributed by atoms with van der Waals surface area (Å²) in [6.45, 7) is 13.7. The van der Waals surface area contributed by atoms with Crippen LogP contribution >= 0.6 is 0 Å². The Hall–Kier alpha value is -1.59. The van der Waals surface area contributed by atoms with E-state index in [0.29, 0.717) is 19.3 Å². The molecule has 2 atom stereocenters. The van der Waals surface area contributed by atoms with Gasteiger partial charge in [-0.15, -0.1) is 0 Å². The molecule has 0 radical (unpaired) electrons. The van der Waals surface area contributed by atoms with Crippen molar-refractivity contribution in [3.63, 3.8) is 0 Å². The van der Waals surface area contributed by atoms with Gasteiger partial charge >= 0.3 is 17.9 Å². The maximum atomic E-state index is 12.8. The molecule has 362 valence electrons. The van der Waals surface area contributed by atoms with E-state index < -0.39 is 6.10 Å². The lowest BCUT2D eigenvalue weighted by Crippen LogP contribution is -2.30. The highest BCUT2D eigenvalue weighted by molar-refractivity contribution is 5.71. The first-order valence-corrected chi connectivity index (χ1v) is 27.1. The molecule has 0 aromatic heterocycles. The van der Waals surface area contributed by atoms with Crippen LogP contribution in [0, 0.1) is 17.8 Å². The molecule has 0 aliphatic carbocycles. The Labute approximate surface area is 380 Å². The SMILES string of the molecule is CCC(C)CCCCCCCCC(=O)O[C@H](COC(=O)CCCCCCCCCCCCCCCCCC(C)C)COC(=O)CCCCCCCCCCCCCCC(C)C. The second-order valence-electron chi connectivity index (χ2n) is 20.1. The second kappa shape index (κ2) is 46.4. The van der Waals surface area contributed by atoms with Crippen LogP contribution in [0.25, 0.3) is 0 Å². The third kappa shape index (κ3) is 47.7. The van der Waals surface area contributed by atoms with Gasteiger partial charge in [-0.2, -0.15) is 0 Å². The summed E-state index contributed by atoms with van der Waals surface area (Å²) in [6, 6.07) is 0. The zero-order valence-electron chi connectivity index (χ0n) is 42.0. The first kappa shape index (κ1) is 59.4. The second-order valence-corrected chi connectivity index (χ2v) is 20.1. The highest BCUT2D eigenvalue weighted by Crippen LogP contribution is 2.18. The van der Waals surface area contributed by atoms with Gasteiger partial charge < -0.3 is 14.2 Å². The lowest BCUT2D eigenvalue weighted by Gasteiger charge is -2.18. The summed E-state index contributed by atoms with van der Waals surface area (Å²) in [6.07, 6.45) is 46.7. The molecule has 0 aromatic carbocycles. The van der Waals surface area contributed by atoms with Crippen LogP contribution < -0.4 is 0 Å². The molecule has 0 rings (SSSR count). The van der Waals surface area contributed by atoms with Gasteiger partial charge in [0.25, 0.3) is 0 Å². The number of rotatable bonds is 48. The van der Waals surface area contributed by atoms with Gasteiger partial charge in [0, 0.05) is 19.3 Å². The average molecular weight is 863 g/mol. The van der Waals surface area contributed by atoms with Crippen molar-refractivity contribution in [3.05, 3.63) is 0 Å². The van der Waals surface area contributed by atoms with Crippen molar-refractivity contribution in [2.24, 2.45) is 17.8 Å². The van der Waals surface area contributed by atoms with E-state index in [1.807, 2.05) is 0 Å². The molecule has 0 heterocycles. The summed E-state index contributed by atoms with van der Waals surface area (Å²) in [7, 11) is 0. The van der Waals surface area contributed by atoms with Crippen LogP contribution in [0.3, 0.4) is 0 Å². The van der Waals surface area contributed by atoms with Crippen LogP contribution in [-0.2, 0) is 28.6 Å². The third-order valence-corrected chi connectivity index (χ3v) is 12.8. The normalized spacial score (nSPS) is 12.6. The van der Waals surface area contributed by atoms with Gasteiger partial charge in [-0.05, 0) is 37.0 Å². The number of hydrogen-bond donors (Lipinski definition) is 0. The van der Waals surface area contributed by atoms with Crippen molar-refractivity contribution in [2.75, 3.05) is 13.2 Å². The number of hydrogen-bond acceptors (Lipinski definition) is 6. The molecular weight excluding hydrogens is 757 g/mol. The molecule has 0 bridgehead atoms. The van der Waals surface area contributed by atoms with Gasteiger partial charge in [0.2, 0.25) is 0 Å². The number of carbonyl (C=O) groups is 3. The van der Waals surface area contributed by atoms with Crippen molar-refractivity contribution in [3.8, 4) is 0 Å². The predicted octanol–water partition coefficient (Wildman–Crippen LogP) is 17.6. The number of ether oxygens (including phenoxy) is 3. The van der Waals surface area contributed by atoms with Crippen LogP contribution in [0.15, 0.2) is 0 Å². The smallest absolute Gasteiger partial charge is 0.306 e. The van der Waals surface area contributed by atoms with Crippen molar-refractivity contribution >= 4 is 17.9 Å². The fourth-order valence-corrected chi connectivity index (χ4v) is 8.26. The Morgan fingerprint density at radius 1 is 0.328 bits per heavy atom. The molecule has 61 heavy (non-hydrogen) atoms. The van der Waals surface area contributed by atoms with E-state index in [2.05, 4.69) is 41.5 Å². The molecule has 0 aliphatic rings. The van der Waals surface area contributed by atoms with Crippen LogP contribution in [0.2, 0.25) is 0 Å². The molecule has 0 fully saturated rings. The quantitative estimate of drug-likeness (QED) is 0.0344. The van der Waals surface area contributed by atoms with Crippen molar-refractivity contribution in [2.45, 2.75) is 304 Å². The molecule has 0 amide bonds. The number of carbonyl (C=O) groups excluding carboxylic acids is 3. The minimum atomic E-state index is -0.763. The largest absolute Gasteiger partial charge is 0.462 e. The van der Waals surface area contributed by atoms with E-state index in [1.54, 1.807) is 0 Å². The molecule has 0 aromatic rings. The summed E-state index contributed by atoms with van der Waals surface area (Å²) < 4.78 is 16.8. The third-order valence-electron chi connectivity index (χ3n) is 12.8. The van der Waals surface area contributed by atoms with Crippen LogP contribution in [0.1, 0.15) is 298 Å².